The number of aryl methyl sites for hydroxylation is 3. The van der Waals surface area contributed by atoms with E-state index in [-0.39, 0.29) is 11.6 Å². The van der Waals surface area contributed by atoms with E-state index in [4.69, 9.17) is 5.10 Å². The Morgan fingerprint density at radius 2 is 1.93 bits per heavy atom. The monoisotopic (exact) mass is 373 g/mol. The van der Waals surface area contributed by atoms with Gasteiger partial charge in [0.25, 0.3) is 5.56 Å². The smallest absolute Gasteiger partial charge is 0.258 e. The second kappa shape index (κ2) is 6.27. The van der Waals surface area contributed by atoms with E-state index in [1.54, 1.807) is 0 Å². The van der Waals surface area contributed by atoms with Crippen molar-refractivity contribution in [3.63, 3.8) is 0 Å². The lowest BCUT2D eigenvalue weighted by Crippen LogP contribution is -2.26. The second-order valence-corrected chi connectivity index (χ2v) is 7.79. The van der Waals surface area contributed by atoms with Gasteiger partial charge in [-0.05, 0) is 68.4 Å². The molecule has 142 valence electrons. The van der Waals surface area contributed by atoms with Gasteiger partial charge in [-0.15, -0.1) is 0 Å². The molecule has 3 aromatic heterocycles. The molecule has 1 fully saturated rings. The van der Waals surface area contributed by atoms with E-state index in [9.17, 15) is 4.79 Å². The zero-order valence-corrected chi connectivity index (χ0v) is 16.4. The van der Waals surface area contributed by atoms with Crippen LogP contribution in [0.4, 0.5) is 0 Å². The van der Waals surface area contributed by atoms with Crippen LogP contribution in [0.5, 0.6) is 0 Å². The van der Waals surface area contributed by atoms with Crippen molar-refractivity contribution < 1.29 is 0 Å². The molecular formula is C22H23N5O. The van der Waals surface area contributed by atoms with Crippen LogP contribution in [0.3, 0.4) is 0 Å². The molecule has 0 amide bonds. The number of aromatic nitrogens is 4. The van der Waals surface area contributed by atoms with Gasteiger partial charge >= 0.3 is 0 Å². The molecule has 4 aromatic rings. The first kappa shape index (κ1) is 17.1. The molecule has 5 rings (SSSR count). The van der Waals surface area contributed by atoms with Crippen molar-refractivity contribution in [2.45, 2.75) is 33.2 Å². The van der Waals surface area contributed by atoms with Gasteiger partial charge in [-0.2, -0.15) is 5.10 Å². The Kier molecular flexibility index (Phi) is 3.84. The molecule has 1 unspecified atom stereocenters. The van der Waals surface area contributed by atoms with Gasteiger partial charge in [0.2, 0.25) is 0 Å². The standard InChI is InChI=1S/C22H23N5O/c1-13-8-20(25-27-12-15(3)24-21(13)27)16-4-5-18-19(9-16)14(2)11-26(22(18)28)17-6-7-23-10-17/h4-5,8-9,11-12,17,23H,6-7,10H2,1-3H3. The number of pyridine rings is 1. The van der Waals surface area contributed by atoms with E-state index in [1.807, 2.05) is 47.5 Å². The van der Waals surface area contributed by atoms with Crippen molar-refractivity contribution in [3.8, 4) is 11.3 Å². The summed E-state index contributed by atoms with van der Waals surface area (Å²) in [6, 6.07) is 8.33. The van der Waals surface area contributed by atoms with Crippen LogP contribution < -0.4 is 10.9 Å². The third-order valence-electron chi connectivity index (χ3n) is 5.70. The van der Waals surface area contributed by atoms with Gasteiger partial charge in [0.1, 0.15) is 0 Å². The number of nitrogens with one attached hydrogen (secondary N) is 1. The third kappa shape index (κ3) is 2.64. The highest BCUT2D eigenvalue weighted by atomic mass is 16.1. The number of imidazole rings is 1. The van der Waals surface area contributed by atoms with Crippen LogP contribution in [0.1, 0.15) is 29.3 Å². The second-order valence-electron chi connectivity index (χ2n) is 7.79. The fraction of sp³-hybridized carbons (Fsp3) is 0.318. The van der Waals surface area contributed by atoms with Crippen LogP contribution in [0.2, 0.25) is 0 Å². The zero-order chi connectivity index (χ0) is 19.4. The average Bonchev–Trinajstić information content (AvgIpc) is 3.33. The largest absolute Gasteiger partial charge is 0.315 e. The molecule has 28 heavy (non-hydrogen) atoms. The molecule has 1 aliphatic heterocycles. The Hall–Kier alpha value is -2.99. The molecule has 6 heteroatoms. The van der Waals surface area contributed by atoms with E-state index in [1.165, 1.54) is 0 Å². The fourth-order valence-corrected chi connectivity index (χ4v) is 4.23. The highest BCUT2D eigenvalue weighted by Crippen LogP contribution is 2.26. The summed E-state index contributed by atoms with van der Waals surface area (Å²) < 4.78 is 3.74. The Morgan fingerprint density at radius 3 is 2.71 bits per heavy atom. The summed E-state index contributed by atoms with van der Waals surface area (Å²) in [6.45, 7) is 7.92. The van der Waals surface area contributed by atoms with E-state index in [2.05, 4.69) is 29.4 Å². The highest BCUT2D eigenvalue weighted by molar-refractivity contribution is 5.88. The van der Waals surface area contributed by atoms with Crippen molar-refractivity contribution in [1.29, 1.82) is 0 Å². The van der Waals surface area contributed by atoms with Crippen LogP contribution in [0, 0.1) is 20.8 Å². The molecule has 6 nitrogen and oxygen atoms in total. The topological polar surface area (TPSA) is 64.2 Å². The van der Waals surface area contributed by atoms with Crippen molar-refractivity contribution >= 4 is 16.4 Å². The van der Waals surface area contributed by atoms with Gasteiger partial charge in [0.15, 0.2) is 5.65 Å². The molecule has 1 N–H and O–H groups in total. The molecule has 1 aliphatic rings. The summed E-state index contributed by atoms with van der Waals surface area (Å²) in [5.74, 6) is 0. The van der Waals surface area contributed by atoms with Crippen LogP contribution in [-0.2, 0) is 0 Å². The molecule has 0 aliphatic carbocycles. The van der Waals surface area contributed by atoms with Gasteiger partial charge in [-0.1, -0.05) is 6.07 Å². The lowest BCUT2D eigenvalue weighted by molar-refractivity contribution is 0.531. The first-order valence-corrected chi connectivity index (χ1v) is 9.71. The SMILES string of the molecule is Cc1cn2nc(-c3ccc4c(=O)n(C5CCNC5)cc(C)c4c3)cc(C)c2n1. The number of rotatable bonds is 2. The predicted molar refractivity (Wildman–Crippen MR) is 111 cm³/mol. The number of hydrogen-bond acceptors (Lipinski definition) is 4. The van der Waals surface area contributed by atoms with E-state index in [0.717, 1.165) is 64.0 Å². The summed E-state index contributed by atoms with van der Waals surface area (Å²) in [5.41, 5.74) is 6.00. The summed E-state index contributed by atoms with van der Waals surface area (Å²) in [6.07, 6.45) is 4.94. The third-order valence-corrected chi connectivity index (χ3v) is 5.70. The van der Waals surface area contributed by atoms with Crippen LogP contribution >= 0.6 is 0 Å². The first-order valence-electron chi connectivity index (χ1n) is 9.71. The van der Waals surface area contributed by atoms with Gasteiger partial charge in [-0.25, -0.2) is 9.50 Å². The van der Waals surface area contributed by atoms with Crippen molar-refractivity contribution in [2.24, 2.45) is 0 Å². The molecule has 0 spiro atoms. The normalized spacial score (nSPS) is 17.0. The number of hydrogen-bond donors (Lipinski definition) is 1. The quantitative estimate of drug-likeness (QED) is 0.586. The van der Waals surface area contributed by atoms with Crippen molar-refractivity contribution in [1.82, 2.24) is 24.5 Å². The maximum Gasteiger partial charge on any atom is 0.258 e. The summed E-state index contributed by atoms with van der Waals surface area (Å²) in [5, 5.41) is 9.83. The number of fused-ring (bicyclic) bond motifs is 2. The lowest BCUT2D eigenvalue weighted by atomic mass is 10.0. The molecule has 0 radical (unpaired) electrons. The average molecular weight is 373 g/mol. The molecule has 4 heterocycles. The first-order chi connectivity index (χ1) is 13.5. The minimum atomic E-state index is 0.0886. The zero-order valence-electron chi connectivity index (χ0n) is 16.4. The number of benzene rings is 1. The van der Waals surface area contributed by atoms with Crippen LogP contribution in [0.15, 0.2) is 41.5 Å². The van der Waals surface area contributed by atoms with E-state index in [0.29, 0.717) is 0 Å². The van der Waals surface area contributed by atoms with Gasteiger partial charge in [0, 0.05) is 23.7 Å². The number of nitrogens with zero attached hydrogens (tertiary/aromatic N) is 4. The summed E-state index contributed by atoms with van der Waals surface area (Å²) in [4.78, 5) is 17.6. The summed E-state index contributed by atoms with van der Waals surface area (Å²) in [7, 11) is 0. The maximum atomic E-state index is 13.1. The molecule has 0 bridgehead atoms. The molecule has 1 atom stereocenters. The lowest BCUT2D eigenvalue weighted by Gasteiger charge is -2.16. The van der Waals surface area contributed by atoms with Gasteiger partial charge in [-0.3, -0.25) is 4.79 Å². The maximum absolute atomic E-state index is 13.1. The minimum absolute atomic E-state index is 0.0886. The predicted octanol–water partition coefficient (Wildman–Crippen LogP) is 3.17. The highest BCUT2D eigenvalue weighted by Gasteiger charge is 2.19. The Morgan fingerprint density at radius 1 is 1.07 bits per heavy atom. The van der Waals surface area contributed by atoms with Crippen molar-refractivity contribution in [2.75, 3.05) is 13.1 Å². The molecule has 1 aromatic carbocycles. The van der Waals surface area contributed by atoms with Gasteiger partial charge in [0.05, 0.1) is 23.6 Å². The van der Waals surface area contributed by atoms with Crippen LogP contribution in [0.25, 0.3) is 27.7 Å². The molecular weight excluding hydrogens is 350 g/mol. The fourth-order valence-electron chi connectivity index (χ4n) is 4.23. The molecule has 0 saturated carbocycles. The Balaban J connectivity index is 1.67. The van der Waals surface area contributed by atoms with Gasteiger partial charge < -0.3 is 9.88 Å². The van der Waals surface area contributed by atoms with E-state index < -0.39 is 0 Å². The Bertz CT molecular complexity index is 1280. The minimum Gasteiger partial charge on any atom is -0.315 e. The van der Waals surface area contributed by atoms with Crippen molar-refractivity contribution in [3.05, 3.63) is 63.8 Å². The van der Waals surface area contributed by atoms with Crippen LogP contribution in [-0.4, -0.2) is 32.3 Å². The molecule has 1 saturated heterocycles. The summed E-state index contributed by atoms with van der Waals surface area (Å²) >= 11 is 0. The Labute approximate surface area is 162 Å². The van der Waals surface area contributed by atoms with E-state index >= 15 is 0 Å².